The normalized spacial score (nSPS) is 10.9. The van der Waals surface area contributed by atoms with Crippen LogP contribution >= 0.6 is 0 Å². The fourth-order valence-electron chi connectivity index (χ4n) is 2.50. The van der Waals surface area contributed by atoms with Gasteiger partial charge in [-0.1, -0.05) is 30.3 Å². The van der Waals surface area contributed by atoms with Gasteiger partial charge in [0, 0.05) is 6.42 Å². The monoisotopic (exact) mass is 314 g/mol. The summed E-state index contributed by atoms with van der Waals surface area (Å²) < 4.78 is 32.9. The highest BCUT2D eigenvalue weighted by atomic mass is 19.1. The minimum absolute atomic E-state index is 0.166. The summed E-state index contributed by atoms with van der Waals surface area (Å²) in [6.07, 6.45) is 0.660. The van der Waals surface area contributed by atoms with Crippen LogP contribution in [0, 0.1) is 11.6 Å². The van der Waals surface area contributed by atoms with Crippen molar-refractivity contribution in [1.29, 1.82) is 0 Å². The van der Waals surface area contributed by atoms with Crippen LogP contribution in [0.25, 0.3) is 11.3 Å². The highest BCUT2D eigenvalue weighted by molar-refractivity contribution is 5.58. The van der Waals surface area contributed by atoms with Gasteiger partial charge in [-0.05, 0) is 35.9 Å². The molecule has 2 nitrogen and oxygen atoms in total. The van der Waals surface area contributed by atoms with E-state index in [1.807, 2.05) is 12.1 Å². The van der Waals surface area contributed by atoms with Gasteiger partial charge in [-0.15, -0.1) is 0 Å². The SMILES string of the molecule is Fc1ccccc1CC[NH2+]Cc1ccc(-c2ccccc2F)o1. The van der Waals surface area contributed by atoms with Gasteiger partial charge in [0.1, 0.15) is 23.9 Å². The molecule has 4 heteroatoms. The molecule has 0 spiro atoms. The summed E-state index contributed by atoms with van der Waals surface area (Å²) in [7, 11) is 0. The first-order valence-corrected chi connectivity index (χ1v) is 7.63. The number of furan rings is 1. The van der Waals surface area contributed by atoms with E-state index in [9.17, 15) is 8.78 Å². The molecule has 118 valence electrons. The second-order valence-corrected chi connectivity index (χ2v) is 5.37. The van der Waals surface area contributed by atoms with Crippen LogP contribution in [0.15, 0.2) is 65.1 Å². The number of hydrogen-bond acceptors (Lipinski definition) is 1. The molecule has 0 amide bonds. The van der Waals surface area contributed by atoms with Gasteiger partial charge in [-0.3, -0.25) is 0 Å². The molecule has 0 aliphatic rings. The molecule has 0 fully saturated rings. The maximum atomic E-state index is 13.7. The first-order valence-electron chi connectivity index (χ1n) is 7.63. The van der Waals surface area contributed by atoms with Gasteiger partial charge in [-0.25, -0.2) is 8.78 Å². The van der Waals surface area contributed by atoms with Crippen molar-refractivity contribution in [2.24, 2.45) is 0 Å². The summed E-state index contributed by atoms with van der Waals surface area (Å²) in [5.41, 5.74) is 1.18. The Labute approximate surface area is 133 Å². The minimum atomic E-state index is -0.295. The van der Waals surface area contributed by atoms with E-state index in [0.717, 1.165) is 17.9 Å². The molecule has 2 N–H and O–H groups in total. The van der Waals surface area contributed by atoms with Crippen LogP contribution in [0.1, 0.15) is 11.3 Å². The van der Waals surface area contributed by atoms with E-state index >= 15 is 0 Å². The third-order valence-electron chi connectivity index (χ3n) is 3.72. The smallest absolute Gasteiger partial charge is 0.158 e. The Morgan fingerprint density at radius 3 is 2.35 bits per heavy atom. The summed E-state index contributed by atoms with van der Waals surface area (Å²) in [4.78, 5) is 0. The number of halogens is 2. The van der Waals surface area contributed by atoms with Crippen molar-refractivity contribution in [1.82, 2.24) is 0 Å². The maximum absolute atomic E-state index is 13.7. The molecule has 1 aromatic heterocycles. The summed E-state index contributed by atoms with van der Waals surface area (Å²) in [5, 5.41) is 2.05. The lowest BCUT2D eigenvalue weighted by molar-refractivity contribution is -0.671. The van der Waals surface area contributed by atoms with Crippen molar-refractivity contribution in [3.8, 4) is 11.3 Å². The number of hydrogen-bond donors (Lipinski definition) is 1. The molecule has 0 aliphatic heterocycles. The van der Waals surface area contributed by atoms with Crippen molar-refractivity contribution in [2.45, 2.75) is 13.0 Å². The minimum Gasteiger partial charge on any atom is -0.455 e. The van der Waals surface area contributed by atoms with Crippen LogP contribution < -0.4 is 5.32 Å². The molecular formula is C19H18F2NO+. The van der Waals surface area contributed by atoms with Gasteiger partial charge in [0.2, 0.25) is 0 Å². The molecular weight excluding hydrogens is 296 g/mol. The van der Waals surface area contributed by atoms with Gasteiger partial charge < -0.3 is 9.73 Å². The Balaban J connectivity index is 1.54. The lowest BCUT2D eigenvalue weighted by Crippen LogP contribution is -2.83. The van der Waals surface area contributed by atoms with Crippen molar-refractivity contribution in [2.75, 3.05) is 6.54 Å². The molecule has 0 unspecified atom stereocenters. The summed E-state index contributed by atoms with van der Waals surface area (Å²) in [6, 6.07) is 17.0. The Bertz CT molecular complexity index is 782. The number of rotatable bonds is 6. The van der Waals surface area contributed by atoms with Gasteiger partial charge in [-0.2, -0.15) is 0 Å². The van der Waals surface area contributed by atoms with E-state index in [1.54, 1.807) is 36.4 Å². The topological polar surface area (TPSA) is 29.8 Å². The number of quaternary nitrogens is 1. The van der Waals surface area contributed by atoms with E-state index in [4.69, 9.17) is 4.42 Å². The first-order chi connectivity index (χ1) is 11.2. The van der Waals surface area contributed by atoms with E-state index in [-0.39, 0.29) is 11.6 Å². The lowest BCUT2D eigenvalue weighted by Gasteiger charge is -2.02. The molecule has 3 rings (SSSR count). The average molecular weight is 314 g/mol. The third kappa shape index (κ3) is 3.85. The quantitative estimate of drug-likeness (QED) is 0.693. The molecule has 0 saturated heterocycles. The summed E-state index contributed by atoms with van der Waals surface area (Å²) >= 11 is 0. The average Bonchev–Trinajstić information content (AvgIpc) is 3.02. The van der Waals surface area contributed by atoms with E-state index < -0.39 is 0 Å². The Morgan fingerprint density at radius 2 is 1.57 bits per heavy atom. The van der Waals surface area contributed by atoms with E-state index in [2.05, 4.69) is 5.32 Å². The second kappa shape index (κ2) is 7.20. The Kier molecular flexibility index (Phi) is 4.83. The predicted octanol–water partition coefficient (Wildman–Crippen LogP) is 3.53. The van der Waals surface area contributed by atoms with E-state index in [1.165, 1.54) is 12.1 Å². The Hall–Kier alpha value is -2.46. The number of benzene rings is 2. The highest BCUT2D eigenvalue weighted by Gasteiger charge is 2.10. The van der Waals surface area contributed by atoms with Gasteiger partial charge in [0.05, 0.1) is 12.1 Å². The molecule has 0 saturated carbocycles. The zero-order valence-corrected chi connectivity index (χ0v) is 12.6. The zero-order chi connectivity index (χ0) is 16.1. The molecule has 23 heavy (non-hydrogen) atoms. The number of nitrogens with two attached hydrogens (primary N) is 1. The summed E-state index contributed by atoms with van der Waals surface area (Å²) in [5.74, 6) is 0.843. The van der Waals surface area contributed by atoms with Crippen LogP contribution in [0.3, 0.4) is 0 Å². The van der Waals surface area contributed by atoms with Crippen LogP contribution in [0.5, 0.6) is 0 Å². The largest absolute Gasteiger partial charge is 0.455 e. The molecule has 0 atom stereocenters. The fourth-order valence-corrected chi connectivity index (χ4v) is 2.50. The van der Waals surface area contributed by atoms with Crippen molar-refractivity contribution >= 4 is 0 Å². The van der Waals surface area contributed by atoms with Gasteiger partial charge in [0.15, 0.2) is 5.76 Å². The first kappa shape index (κ1) is 15.4. The third-order valence-corrected chi connectivity index (χ3v) is 3.72. The maximum Gasteiger partial charge on any atom is 0.158 e. The molecule has 0 radical (unpaired) electrons. The zero-order valence-electron chi connectivity index (χ0n) is 12.6. The van der Waals surface area contributed by atoms with Crippen LogP contribution in [0.2, 0.25) is 0 Å². The predicted molar refractivity (Wildman–Crippen MR) is 84.7 cm³/mol. The molecule has 0 aliphatic carbocycles. The van der Waals surface area contributed by atoms with Crippen LogP contribution in [-0.2, 0) is 13.0 Å². The fraction of sp³-hybridized carbons (Fsp3) is 0.158. The van der Waals surface area contributed by atoms with Crippen LogP contribution in [-0.4, -0.2) is 6.54 Å². The van der Waals surface area contributed by atoms with Gasteiger partial charge >= 0.3 is 0 Å². The molecule has 1 heterocycles. The molecule has 3 aromatic rings. The molecule has 2 aromatic carbocycles. The van der Waals surface area contributed by atoms with E-state index in [0.29, 0.717) is 24.3 Å². The highest BCUT2D eigenvalue weighted by Crippen LogP contribution is 2.24. The summed E-state index contributed by atoms with van der Waals surface area (Å²) in [6.45, 7) is 1.40. The Morgan fingerprint density at radius 1 is 0.826 bits per heavy atom. The van der Waals surface area contributed by atoms with Crippen LogP contribution in [0.4, 0.5) is 8.78 Å². The lowest BCUT2D eigenvalue weighted by atomic mass is 10.1. The molecule has 0 bridgehead atoms. The van der Waals surface area contributed by atoms with Crippen molar-refractivity contribution in [3.05, 3.63) is 83.6 Å². The standard InChI is InChI=1S/C19H17F2NO/c20-17-7-3-1-5-14(17)11-12-22-13-15-9-10-19(23-15)16-6-2-4-8-18(16)21/h1-10,22H,11-13H2/p+1. The van der Waals surface area contributed by atoms with Gasteiger partial charge in [0.25, 0.3) is 0 Å². The second-order valence-electron chi connectivity index (χ2n) is 5.37. The van der Waals surface area contributed by atoms with Crippen molar-refractivity contribution in [3.63, 3.8) is 0 Å². The van der Waals surface area contributed by atoms with Crippen molar-refractivity contribution < 1.29 is 18.5 Å².